The minimum Gasteiger partial charge on any atom is -0.493 e. The predicted octanol–water partition coefficient (Wildman–Crippen LogP) is 5.24. The summed E-state index contributed by atoms with van der Waals surface area (Å²) < 4.78 is 40.1. The minimum atomic E-state index is -4.22. The lowest BCUT2D eigenvalue weighted by Gasteiger charge is -2.35. The zero-order valence-electron chi connectivity index (χ0n) is 26.3. The highest BCUT2D eigenvalue weighted by molar-refractivity contribution is 7.92. The van der Waals surface area contributed by atoms with Crippen molar-refractivity contribution in [2.75, 3.05) is 25.1 Å². The van der Waals surface area contributed by atoms with Crippen LogP contribution in [0, 0.1) is 13.8 Å². The summed E-state index contributed by atoms with van der Waals surface area (Å²) in [6.45, 7) is 10.8. The van der Waals surface area contributed by atoms with Crippen molar-refractivity contribution in [3.63, 3.8) is 0 Å². The Balaban J connectivity index is 2.14. The van der Waals surface area contributed by atoms with Gasteiger partial charge in [0.05, 0.1) is 24.8 Å². The van der Waals surface area contributed by atoms with Crippen molar-refractivity contribution in [3.05, 3.63) is 83.4 Å². The summed E-state index contributed by atoms with van der Waals surface area (Å²) in [5, 5.41) is 2.98. The van der Waals surface area contributed by atoms with Crippen LogP contribution in [0.3, 0.4) is 0 Å². The molecule has 2 amide bonds. The van der Waals surface area contributed by atoms with Gasteiger partial charge in [0, 0.05) is 18.2 Å². The van der Waals surface area contributed by atoms with E-state index >= 15 is 0 Å². The lowest BCUT2D eigenvalue weighted by atomic mass is 10.0. The van der Waals surface area contributed by atoms with Crippen molar-refractivity contribution < 1.29 is 27.5 Å². The first-order chi connectivity index (χ1) is 20.2. The smallest absolute Gasteiger partial charge is 0.264 e. The molecule has 0 saturated carbocycles. The van der Waals surface area contributed by atoms with E-state index in [4.69, 9.17) is 9.47 Å². The summed E-state index contributed by atoms with van der Waals surface area (Å²) in [4.78, 5) is 29.3. The average Bonchev–Trinajstić information content (AvgIpc) is 2.95. The summed E-state index contributed by atoms with van der Waals surface area (Å²) in [5.41, 5.74) is 2.40. The fraction of sp³-hybridized carbons (Fsp3) is 0.394. The van der Waals surface area contributed by atoms with Crippen LogP contribution in [-0.2, 0) is 26.2 Å². The maximum absolute atomic E-state index is 14.3. The zero-order chi connectivity index (χ0) is 31.9. The number of nitrogens with one attached hydrogen (secondary N) is 1. The first kappa shape index (κ1) is 33.5. The van der Waals surface area contributed by atoms with Gasteiger partial charge in [-0.2, -0.15) is 0 Å². The van der Waals surface area contributed by atoms with Crippen LogP contribution in [0.1, 0.15) is 50.8 Å². The van der Waals surface area contributed by atoms with Crippen molar-refractivity contribution >= 4 is 27.5 Å². The third kappa shape index (κ3) is 8.28. The highest BCUT2D eigenvalue weighted by Crippen LogP contribution is 2.34. The van der Waals surface area contributed by atoms with Gasteiger partial charge < -0.3 is 19.7 Å². The summed E-state index contributed by atoms with van der Waals surface area (Å²) in [6, 6.07) is 17.9. The summed E-state index contributed by atoms with van der Waals surface area (Å²) >= 11 is 0. The summed E-state index contributed by atoms with van der Waals surface area (Å²) in [6.07, 6.45) is 0.334. The fourth-order valence-corrected chi connectivity index (χ4v) is 6.10. The monoisotopic (exact) mass is 609 g/mol. The van der Waals surface area contributed by atoms with Crippen LogP contribution in [-0.4, -0.2) is 57.5 Å². The molecule has 3 rings (SSSR count). The molecule has 10 heteroatoms. The Hall–Kier alpha value is -4.05. The molecule has 3 aromatic carbocycles. The molecule has 0 bridgehead atoms. The Labute approximate surface area is 255 Å². The Kier molecular flexibility index (Phi) is 10.9. The lowest BCUT2D eigenvalue weighted by molar-refractivity contribution is -0.141. The number of aryl methyl sites for hydroxylation is 2. The molecule has 43 heavy (non-hydrogen) atoms. The van der Waals surface area contributed by atoms with Crippen LogP contribution in [0.2, 0.25) is 0 Å². The van der Waals surface area contributed by atoms with Crippen molar-refractivity contribution in [1.29, 1.82) is 0 Å². The molecule has 0 aliphatic heterocycles. The molecular formula is C33H43N3O6S. The third-order valence-electron chi connectivity index (χ3n) is 7.03. The van der Waals surface area contributed by atoms with E-state index in [1.54, 1.807) is 24.3 Å². The molecule has 0 radical (unpaired) electrons. The van der Waals surface area contributed by atoms with Crippen LogP contribution in [0.5, 0.6) is 11.5 Å². The minimum absolute atomic E-state index is 0.0312. The highest BCUT2D eigenvalue weighted by atomic mass is 32.2. The van der Waals surface area contributed by atoms with E-state index in [2.05, 4.69) is 5.32 Å². The van der Waals surface area contributed by atoms with Crippen LogP contribution >= 0.6 is 0 Å². The number of benzene rings is 3. The van der Waals surface area contributed by atoms with Crippen LogP contribution in [0.4, 0.5) is 5.69 Å². The van der Waals surface area contributed by atoms with Gasteiger partial charge in [0.25, 0.3) is 10.0 Å². The molecule has 0 aliphatic rings. The molecular weight excluding hydrogens is 566 g/mol. The van der Waals surface area contributed by atoms with Crippen molar-refractivity contribution in [1.82, 2.24) is 10.2 Å². The maximum atomic E-state index is 14.3. The predicted molar refractivity (Wildman–Crippen MR) is 169 cm³/mol. The SMILES string of the molecule is CC[C@@H](C(=O)NC(C)(C)C)N(Cc1ccccc1C)C(=O)CN(c1ccc(OC)c(OC)c1)S(=O)(=O)c1ccc(C)cc1. The van der Waals surface area contributed by atoms with Gasteiger partial charge in [-0.25, -0.2) is 8.42 Å². The molecule has 0 unspecified atom stereocenters. The Bertz CT molecular complexity index is 1530. The molecule has 1 atom stereocenters. The lowest BCUT2D eigenvalue weighted by Crippen LogP contribution is -2.55. The van der Waals surface area contributed by atoms with Crippen LogP contribution in [0.15, 0.2) is 71.6 Å². The molecule has 0 aromatic heterocycles. The summed E-state index contributed by atoms with van der Waals surface area (Å²) in [5.74, 6) is -0.110. The highest BCUT2D eigenvalue weighted by Gasteiger charge is 2.35. The van der Waals surface area contributed by atoms with Crippen LogP contribution < -0.4 is 19.1 Å². The fourth-order valence-electron chi connectivity index (χ4n) is 4.69. The number of nitrogens with zero attached hydrogens (tertiary/aromatic N) is 2. The van der Waals surface area contributed by atoms with Crippen LogP contribution in [0.25, 0.3) is 0 Å². The standard InChI is InChI=1S/C33H43N3O6S/c1-9-28(32(38)34-33(4,5)6)35(21-25-13-11-10-12-24(25)3)31(37)22-36(26-16-19-29(41-7)30(20-26)42-8)43(39,40)27-17-14-23(2)15-18-27/h10-20,28H,9,21-22H2,1-8H3,(H,34,38)/t28-/m0/s1. The van der Waals surface area contributed by atoms with E-state index < -0.39 is 34.1 Å². The number of hydrogen-bond acceptors (Lipinski definition) is 6. The molecule has 0 spiro atoms. The van der Waals surface area contributed by atoms with E-state index in [1.165, 1.54) is 37.3 Å². The topological polar surface area (TPSA) is 105 Å². The van der Waals surface area contributed by atoms with E-state index in [0.29, 0.717) is 17.9 Å². The van der Waals surface area contributed by atoms with Gasteiger partial charge in [-0.05, 0) is 76.4 Å². The maximum Gasteiger partial charge on any atom is 0.264 e. The number of hydrogen-bond donors (Lipinski definition) is 1. The molecule has 9 nitrogen and oxygen atoms in total. The van der Waals surface area contributed by atoms with Gasteiger partial charge in [-0.3, -0.25) is 13.9 Å². The van der Waals surface area contributed by atoms with Gasteiger partial charge in [-0.15, -0.1) is 0 Å². The Morgan fingerprint density at radius 3 is 2.09 bits per heavy atom. The first-order valence-electron chi connectivity index (χ1n) is 14.2. The summed E-state index contributed by atoms with van der Waals surface area (Å²) in [7, 11) is -1.28. The van der Waals surface area contributed by atoms with Gasteiger partial charge in [0.15, 0.2) is 11.5 Å². The number of methoxy groups -OCH3 is 2. The van der Waals surface area contributed by atoms with Gasteiger partial charge in [0.1, 0.15) is 12.6 Å². The normalized spacial score (nSPS) is 12.3. The number of carbonyl (C=O) groups excluding carboxylic acids is 2. The molecule has 0 heterocycles. The van der Waals surface area contributed by atoms with Crippen molar-refractivity contribution in [2.24, 2.45) is 0 Å². The van der Waals surface area contributed by atoms with Crippen molar-refractivity contribution in [2.45, 2.75) is 71.0 Å². The number of carbonyl (C=O) groups is 2. The second kappa shape index (κ2) is 13.9. The average molecular weight is 610 g/mol. The number of sulfonamides is 1. The van der Waals surface area contributed by atoms with E-state index in [-0.39, 0.29) is 23.0 Å². The Morgan fingerprint density at radius 2 is 1.53 bits per heavy atom. The number of rotatable bonds is 12. The van der Waals surface area contributed by atoms with E-state index in [1.807, 2.05) is 65.8 Å². The zero-order valence-corrected chi connectivity index (χ0v) is 27.1. The molecule has 1 N–H and O–H groups in total. The molecule has 0 aliphatic carbocycles. The van der Waals surface area contributed by atoms with Gasteiger partial charge >= 0.3 is 0 Å². The largest absolute Gasteiger partial charge is 0.493 e. The number of anilines is 1. The van der Waals surface area contributed by atoms with Crippen molar-refractivity contribution in [3.8, 4) is 11.5 Å². The Morgan fingerprint density at radius 1 is 0.907 bits per heavy atom. The molecule has 0 saturated heterocycles. The second-order valence-corrected chi connectivity index (χ2v) is 13.3. The van der Waals surface area contributed by atoms with E-state index in [9.17, 15) is 18.0 Å². The number of amides is 2. The number of ether oxygens (including phenoxy) is 2. The molecule has 0 fully saturated rings. The molecule has 3 aromatic rings. The first-order valence-corrected chi connectivity index (χ1v) is 15.6. The molecule has 232 valence electrons. The van der Waals surface area contributed by atoms with Gasteiger partial charge in [0.2, 0.25) is 11.8 Å². The quantitative estimate of drug-likeness (QED) is 0.301. The second-order valence-electron chi connectivity index (χ2n) is 11.5. The third-order valence-corrected chi connectivity index (χ3v) is 8.82. The van der Waals surface area contributed by atoms with E-state index in [0.717, 1.165) is 21.0 Å². The van der Waals surface area contributed by atoms with Gasteiger partial charge in [-0.1, -0.05) is 48.9 Å².